The van der Waals surface area contributed by atoms with Crippen LogP contribution in [-0.2, 0) is 6.42 Å². The second-order valence-electron chi connectivity index (χ2n) is 5.98. The third-order valence-electron chi connectivity index (χ3n) is 4.16. The van der Waals surface area contributed by atoms with Crippen molar-refractivity contribution in [2.24, 2.45) is 0 Å². The lowest BCUT2D eigenvalue weighted by Crippen LogP contribution is -2.19. The molecular weight excluding hydrogens is 309 g/mol. The summed E-state index contributed by atoms with van der Waals surface area (Å²) in [5.41, 5.74) is 2.66. The Balaban J connectivity index is 2.05. The quantitative estimate of drug-likeness (QED) is 0.640. The number of halogens is 3. The maximum absolute atomic E-state index is 13.8. The van der Waals surface area contributed by atoms with Crippen LogP contribution >= 0.6 is 0 Å². The van der Waals surface area contributed by atoms with Crippen molar-refractivity contribution in [1.29, 1.82) is 0 Å². The topological polar surface area (TPSA) is 0 Å². The molecular formula is C21H18F3. The van der Waals surface area contributed by atoms with Crippen molar-refractivity contribution in [1.82, 2.24) is 0 Å². The summed E-state index contributed by atoms with van der Waals surface area (Å²) in [5, 5.41) is 0. The van der Waals surface area contributed by atoms with Crippen molar-refractivity contribution in [3.05, 3.63) is 94.9 Å². The van der Waals surface area contributed by atoms with Crippen LogP contribution in [0.2, 0.25) is 0 Å². The van der Waals surface area contributed by atoms with Gasteiger partial charge in [-0.15, -0.1) is 0 Å². The lowest BCUT2D eigenvalue weighted by atomic mass is 9.83. The smallest absolute Gasteiger partial charge is 0.166 e. The molecule has 24 heavy (non-hydrogen) atoms. The maximum atomic E-state index is 13.8. The lowest BCUT2D eigenvalue weighted by molar-refractivity contribution is -0.0879. The van der Waals surface area contributed by atoms with E-state index in [0.29, 0.717) is 24.0 Å². The van der Waals surface area contributed by atoms with Crippen LogP contribution in [-0.4, -0.2) is 6.18 Å². The van der Waals surface area contributed by atoms with Crippen LogP contribution in [0.3, 0.4) is 0 Å². The highest BCUT2D eigenvalue weighted by molar-refractivity contribution is 5.83. The molecule has 0 spiro atoms. The van der Waals surface area contributed by atoms with E-state index in [1.165, 1.54) is 0 Å². The molecule has 0 N–H and O–H groups in total. The third-order valence-corrected chi connectivity index (χ3v) is 4.16. The van der Waals surface area contributed by atoms with Gasteiger partial charge in [0.2, 0.25) is 0 Å². The molecule has 0 amide bonds. The Hall–Kier alpha value is -2.29. The minimum Gasteiger partial charge on any atom is -0.166 e. The van der Waals surface area contributed by atoms with Gasteiger partial charge in [-0.25, -0.2) is 0 Å². The molecule has 0 saturated carbocycles. The number of hydrogen-bond acceptors (Lipinski definition) is 0. The predicted molar refractivity (Wildman–Crippen MR) is 91.3 cm³/mol. The first kappa shape index (κ1) is 16.6. The molecule has 3 rings (SSSR count). The van der Waals surface area contributed by atoms with Crippen molar-refractivity contribution in [3.63, 3.8) is 0 Å². The molecule has 1 aliphatic carbocycles. The first-order valence-corrected chi connectivity index (χ1v) is 7.90. The van der Waals surface area contributed by atoms with E-state index in [0.717, 1.165) is 11.1 Å². The third kappa shape index (κ3) is 3.61. The first-order valence-electron chi connectivity index (χ1n) is 7.90. The maximum Gasteiger partial charge on any atom is 0.416 e. The molecule has 0 heterocycles. The summed E-state index contributed by atoms with van der Waals surface area (Å²) >= 11 is 0. The van der Waals surface area contributed by atoms with Crippen LogP contribution in [0.5, 0.6) is 0 Å². The number of aryl methyl sites for hydroxylation is 1. The number of rotatable bonds is 3. The average Bonchev–Trinajstić information content (AvgIpc) is 2.55. The second-order valence-corrected chi connectivity index (χ2v) is 5.98. The van der Waals surface area contributed by atoms with Crippen molar-refractivity contribution in [2.75, 3.05) is 0 Å². The summed E-state index contributed by atoms with van der Waals surface area (Å²) < 4.78 is 41.4. The molecule has 3 heteroatoms. The van der Waals surface area contributed by atoms with Gasteiger partial charge in [0.25, 0.3) is 0 Å². The van der Waals surface area contributed by atoms with E-state index in [9.17, 15) is 13.2 Å². The van der Waals surface area contributed by atoms with Gasteiger partial charge >= 0.3 is 6.18 Å². The Bertz CT molecular complexity index is 763. The van der Waals surface area contributed by atoms with Gasteiger partial charge in [-0.05, 0) is 48.5 Å². The molecule has 0 fully saturated rings. The van der Waals surface area contributed by atoms with Gasteiger partial charge in [0.15, 0.2) is 0 Å². The molecule has 0 atom stereocenters. The molecule has 2 aromatic carbocycles. The lowest BCUT2D eigenvalue weighted by Gasteiger charge is -2.24. The molecule has 2 aromatic rings. The zero-order chi connectivity index (χ0) is 17.2. The highest BCUT2D eigenvalue weighted by Crippen LogP contribution is 2.43. The zero-order valence-electron chi connectivity index (χ0n) is 13.4. The molecule has 0 bridgehead atoms. The van der Waals surface area contributed by atoms with Gasteiger partial charge < -0.3 is 0 Å². The summed E-state index contributed by atoms with van der Waals surface area (Å²) in [6.07, 6.45) is -0.211. The van der Waals surface area contributed by atoms with E-state index in [2.05, 4.69) is 0 Å². The monoisotopic (exact) mass is 327 g/mol. The first-order chi connectivity index (χ1) is 11.4. The largest absolute Gasteiger partial charge is 0.416 e. The minimum absolute atomic E-state index is 0.288. The van der Waals surface area contributed by atoms with E-state index in [1.807, 2.05) is 49.4 Å². The van der Waals surface area contributed by atoms with E-state index in [-0.39, 0.29) is 5.57 Å². The molecule has 1 aliphatic rings. The van der Waals surface area contributed by atoms with Crippen LogP contribution in [0.4, 0.5) is 13.2 Å². The fourth-order valence-electron chi connectivity index (χ4n) is 3.00. The summed E-state index contributed by atoms with van der Waals surface area (Å²) in [7, 11) is 0. The number of alkyl halides is 3. The molecule has 0 aromatic heterocycles. The fraction of sp³-hybridized carbons (Fsp3) is 0.190. The highest BCUT2D eigenvalue weighted by Gasteiger charge is 2.39. The normalized spacial score (nSPS) is 15.4. The standard InChI is InChI=1S/C21H18F3/c1-15-10-12-17(13-11-15)19-9-5-8-18(20(19)21(22,23)24)14-16-6-3-2-4-7-16/h2-4,6-13H,5,14H2,1H3. The minimum atomic E-state index is -4.38. The van der Waals surface area contributed by atoms with Crippen molar-refractivity contribution in [2.45, 2.75) is 25.9 Å². The summed E-state index contributed by atoms with van der Waals surface area (Å²) in [6, 6.07) is 16.5. The average molecular weight is 327 g/mol. The molecule has 0 saturated heterocycles. The number of allylic oxidation sites excluding steroid dienone is 4. The Morgan fingerprint density at radius 3 is 2.21 bits per heavy atom. The van der Waals surface area contributed by atoms with Crippen LogP contribution in [0.1, 0.15) is 23.1 Å². The predicted octanol–water partition coefficient (Wildman–Crippen LogP) is 6.09. The fourth-order valence-corrected chi connectivity index (χ4v) is 3.00. The second kappa shape index (κ2) is 6.68. The van der Waals surface area contributed by atoms with E-state index >= 15 is 0 Å². The Kier molecular flexibility index (Phi) is 4.61. The molecule has 1 radical (unpaired) electrons. The Morgan fingerprint density at radius 1 is 0.917 bits per heavy atom. The molecule has 0 aliphatic heterocycles. The van der Waals surface area contributed by atoms with Gasteiger partial charge in [-0.1, -0.05) is 66.2 Å². The Labute approximate surface area is 140 Å². The van der Waals surface area contributed by atoms with E-state index < -0.39 is 11.7 Å². The van der Waals surface area contributed by atoms with E-state index in [4.69, 9.17) is 0 Å². The van der Waals surface area contributed by atoms with Gasteiger partial charge in [0.05, 0.1) is 5.57 Å². The van der Waals surface area contributed by atoms with Crippen LogP contribution < -0.4 is 0 Å². The summed E-state index contributed by atoms with van der Waals surface area (Å²) in [4.78, 5) is 0. The molecule has 0 unspecified atom stereocenters. The van der Waals surface area contributed by atoms with Crippen molar-refractivity contribution in [3.8, 4) is 0 Å². The number of hydrogen-bond donors (Lipinski definition) is 0. The summed E-state index contributed by atoms with van der Waals surface area (Å²) in [6.45, 7) is 1.92. The zero-order valence-corrected chi connectivity index (χ0v) is 13.4. The SMILES string of the molecule is Cc1ccc(C2=CC[CH]C(Cc3ccccc3)=C2C(F)(F)F)cc1. The van der Waals surface area contributed by atoms with Gasteiger partial charge in [0.1, 0.15) is 0 Å². The van der Waals surface area contributed by atoms with Crippen molar-refractivity contribution < 1.29 is 13.2 Å². The molecule has 0 nitrogen and oxygen atoms in total. The van der Waals surface area contributed by atoms with E-state index in [1.54, 1.807) is 24.6 Å². The van der Waals surface area contributed by atoms with Crippen LogP contribution in [0.25, 0.3) is 5.57 Å². The Morgan fingerprint density at radius 2 is 1.58 bits per heavy atom. The number of benzene rings is 2. The molecule has 123 valence electrons. The van der Waals surface area contributed by atoms with Crippen LogP contribution in [0, 0.1) is 13.3 Å². The van der Waals surface area contributed by atoms with Gasteiger partial charge in [-0.2, -0.15) is 13.2 Å². The van der Waals surface area contributed by atoms with Crippen molar-refractivity contribution >= 4 is 5.57 Å². The van der Waals surface area contributed by atoms with Gasteiger partial charge in [-0.3, -0.25) is 0 Å². The van der Waals surface area contributed by atoms with Crippen LogP contribution in [0.15, 0.2) is 71.8 Å². The highest BCUT2D eigenvalue weighted by atomic mass is 19.4. The summed E-state index contributed by atoms with van der Waals surface area (Å²) in [5.74, 6) is 0. The van der Waals surface area contributed by atoms with Gasteiger partial charge in [0, 0.05) is 0 Å².